The Labute approximate surface area is 115 Å². The molecule has 0 aliphatic carbocycles. The van der Waals surface area contributed by atoms with E-state index in [0.717, 1.165) is 17.8 Å². The van der Waals surface area contributed by atoms with Crippen LogP contribution in [0.5, 0.6) is 0 Å². The second-order valence-corrected chi connectivity index (χ2v) is 5.98. The summed E-state index contributed by atoms with van der Waals surface area (Å²) >= 11 is -0.0112. The van der Waals surface area contributed by atoms with Gasteiger partial charge in [0.1, 0.15) is 0 Å². The first-order valence-corrected chi connectivity index (χ1v) is 7.21. The van der Waals surface area contributed by atoms with Crippen molar-refractivity contribution in [3.8, 4) is 0 Å². The molecule has 0 aliphatic rings. The van der Waals surface area contributed by atoms with E-state index in [4.69, 9.17) is 0 Å². The molecular formula is C12H20F3N3S. The summed E-state index contributed by atoms with van der Waals surface area (Å²) in [5.74, 6) is 0.558. The van der Waals surface area contributed by atoms with Crippen LogP contribution in [0.25, 0.3) is 0 Å². The van der Waals surface area contributed by atoms with E-state index in [1.807, 2.05) is 13.1 Å². The number of aromatic nitrogens is 2. The number of thioether (sulfide) groups is 1. The Kier molecular flexibility index (Phi) is 6.19. The first kappa shape index (κ1) is 16.4. The zero-order chi connectivity index (χ0) is 14.5. The SMILES string of the molecule is Cc1nn(CCSC(F)(F)F)cc1CNCC(C)C. The zero-order valence-corrected chi connectivity index (χ0v) is 12.2. The summed E-state index contributed by atoms with van der Waals surface area (Å²) < 4.78 is 37.6. The lowest BCUT2D eigenvalue weighted by Crippen LogP contribution is -2.19. The van der Waals surface area contributed by atoms with Crippen LogP contribution < -0.4 is 5.32 Å². The van der Waals surface area contributed by atoms with Gasteiger partial charge in [0.05, 0.1) is 12.2 Å². The van der Waals surface area contributed by atoms with Gasteiger partial charge in [-0.15, -0.1) is 0 Å². The molecule has 1 heterocycles. The van der Waals surface area contributed by atoms with Gasteiger partial charge in [0.25, 0.3) is 0 Å². The Morgan fingerprint density at radius 2 is 2.11 bits per heavy atom. The highest BCUT2D eigenvalue weighted by Gasteiger charge is 2.27. The molecule has 0 amide bonds. The predicted molar refractivity (Wildman–Crippen MR) is 72.0 cm³/mol. The lowest BCUT2D eigenvalue weighted by atomic mass is 10.2. The maximum Gasteiger partial charge on any atom is 0.441 e. The van der Waals surface area contributed by atoms with Crippen LogP contribution in [0.3, 0.4) is 0 Å². The molecule has 1 N–H and O–H groups in total. The van der Waals surface area contributed by atoms with Crippen LogP contribution >= 0.6 is 11.8 Å². The third kappa shape index (κ3) is 6.87. The fourth-order valence-electron chi connectivity index (χ4n) is 1.60. The molecular weight excluding hydrogens is 275 g/mol. The van der Waals surface area contributed by atoms with Crippen LogP contribution in [0.4, 0.5) is 13.2 Å². The molecule has 19 heavy (non-hydrogen) atoms. The summed E-state index contributed by atoms with van der Waals surface area (Å²) in [4.78, 5) is 0. The van der Waals surface area contributed by atoms with E-state index in [2.05, 4.69) is 24.3 Å². The van der Waals surface area contributed by atoms with Gasteiger partial charge in [-0.05, 0) is 31.1 Å². The number of hydrogen-bond donors (Lipinski definition) is 1. The Balaban J connectivity index is 2.40. The predicted octanol–water partition coefficient (Wildman–Crippen LogP) is 3.19. The molecule has 0 spiro atoms. The van der Waals surface area contributed by atoms with E-state index in [-0.39, 0.29) is 24.1 Å². The van der Waals surface area contributed by atoms with Gasteiger partial charge < -0.3 is 5.32 Å². The fourth-order valence-corrected chi connectivity index (χ4v) is 2.11. The average molecular weight is 295 g/mol. The monoisotopic (exact) mass is 295 g/mol. The van der Waals surface area contributed by atoms with Crippen LogP contribution in [-0.4, -0.2) is 27.6 Å². The molecule has 0 aliphatic heterocycles. The highest BCUT2D eigenvalue weighted by molar-refractivity contribution is 8.00. The summed E-state index contributed by atoms with van der Waals surface area (Å²) in [6, 6.07) is 0. The van der Waals surface area contributed by atoms with Crippen molar-refractivity contribution < 1.29 is 13.2 Å². The van der Waals surface area contributed by atoms with Gasteiger partial charge in [0.15, 0.2) is 0 Å². The molecule has 0 unspecified atom stereocenters. The van der Waals surface area contributed by atoms with Crippen LogP contribution in [0.1, 0.15) is 25.1 Å². The second kappa shape index (κ2) is 7.19. The third-order valence-corrected chi connectivity index (χ3v) is 3.22. The van der Waals surface area contributed by atoms with Gasteiger partial charge in [-0.2, -0.15) is 18.3 Å². The molecule has 0 saturated carbocycles. The first-order chi connectivity index (χ1) is 8.78. The minimum absolute atomic E-state index is 0.0104. The van der Waals surface area contributed by atoms with E-state index in [0.29, 0.717) is 12.5 Å². The lowest BCUT2D eigenvalue weighted by molar-refractivity contribution is -0.0328. The molecule has 0 aromatic carbocycles. The van der Waals surface area contributed by atoms with Gasteiger partial charge >= 0.3 is 5.51 Å². The summed E-state index contributed by atoms with van der Waals surface area (Å²) in [5.41, 5.74) is -2.25. The number of nitrogens with one attached hydrogen (secondary N) is 1. The average Bonchev–Trinajstić information content (AvgIpc) is 2.57. The quantitative estimate of drug-likeness (QED) is 0.838. The van der Waals surface area contributed by atoms with Crippen molar-refractivity contribution in [3.05, 3.63) is 17.5 Å². The third-order valence-electron chi connectivity index (χ3n) is 2.50. The van der Waals surface area contributed by atoms with Gasteiger partial charge in [-0.3, -0.25) is 4.68 Å². The summed E-state index contributed by atoms with van der Waals surface area (Å²) in [6.07, 6.45) is 1.82. The fraction of sp³-hybridized carbons (Fsp3) is 0.750. The number of hydrogen-bond acceptors (Lipinski definition) is 3. The van der Waals surface area contributed by atoms with Gasteiger partial charge in [0.2, 0.25) is 0 Å². The standard InChI is InChI=1S/C12H20F3N3S/c1-9(2)6-16-7-11-8-18(17-10(11)3)4-5-19-12(13,14)15/h8-9,16H,4-7H2,1-3H3. The Hall–Kier alpha value is -0.690. The van der Waals surface area contributed by atoms with E-state index in [9.17, 15) is 13.2 Å². The van der Waals surface area contributed by atoms with Gasteiger partial charge in [-0.1, -0.05) is 13.8 Å². The number of alkyl halides is 3. The van der Waals surface area contributed by atoms with E-state index < -0.39 is 5.51 Å². The van der Waals surface area contributed by atoms with E-state index >= 15 is 0 Å². The summed E-state index contributed by atoms with van der Waals surface area (Å²) in [5, 5.41) is 7.52. The smallest absolute Gasteiger partial charge is 0.312 e. The molecule has 110 valence electrons. The van der Waals surface area contributed by atoms with Crippen LogP contribution in [-0.2, 0) is 13.1 Å². The molecule has 7 heteroatoms. The van der Waals surface area contributed by atoms with Crippen LogP contribution in [0.15, 0.2) is 6.20 Å². The van der Waals surface area contributed by atoms with Crippen molar-refractivity contribution in [1.29, 1.82) is 0 Å². The maximum absolute atomic E-state index is 12.0. The highest BCUT2D eigenvalue weighted by Crippen LogP contribution is 2.29. The molecule has 0 atom stereocenters. The Morgan fingerprint density at radius 1 is 1.42 bits per heavy atom. The topological polar surface area (TPSA) is 29.9 Å². The summed E-state index contributed by atoms with van der Waals surface area (Å²) in [6.45, 7) is 8.01. The molecule has 1 aromatic rings. The molecule has 1 aromatic heterocycles. The molecule has 0 saturated heterocycles. The number of aryl methyl sites for hydroxylation is 2. The number of rotatable bonds is 7. The Morgan fingerprint density at radius 3 is 2.68 bits per heavy atom. The van der Waals surface area contributed by atoms with Gasteiger partial charge in [0, 0.05) is 24.1 Å². The first-order valence-electron chi connectivity index (χ1n) is 6.22. The van der Waals surface area contributed by atoms with E-state index in [1.54, 1.807) is 4.68 Å². The molecule has 0 bridgehead atoms. The minimum atomic E-state index is -4.16. The Bertz CT molecular complexity index is 388. The van der Waals surface area contributed by atoms with Crippen molar-refractivity contribution in [3.63, 3.8) is 0 Å². The van der Waals surface area contributed by atoms with E-state index in [1.165, 1.54) is 0 Å². The highest BCUT2D eigenvalue weighted by atomic mass is 32.2. The zero-order valence-electron chi connectivity index (χ0n) is 11.4. The summed E-state index contributed by atoms with van der Waals surface area (Å²) in [7, 11) is 0. The van der Waals surface area contributed by atoms with Crippen LogP contribution in [0.2, 0.25) is 0 Å². The second-order valence-electron chi connectivity index (χ2n) is 4.82. The number of nitrogens with zero attached hydrogens (tertiary/aromatic N) is 2. The van der Waals surface area contributed by atoms with Gasteiger partial charge in [-0.25, -0.2) is 0 Å². The number of halogens is 3. The van der Waals surface area contributed by atoms with Crippen molar-refractivity contribution in [1.82, 2.24) is 15.1 Å². The maximum atomic E-state index is 12.0. The van der Waals surface area contributed by atoms with Crippen molar-refractivity contribution >= 4 is 11.8 Å². The lowest BCUT2D eigenvalue weighted by Gasteiger charge is -2.06. The molecule has 0 fully saturated rings. The van der Waals surface area contributed by atoms with Crippen molar-refractivity contribution in [2.24, 2.45) is 5.92 Å². The largest absolute Gasteiger partial charge is 0.441 e. The van der Waals surface area contributed by atoms with Crippen LogP contribution in [0, 0.1) is 12.8 Å². The minimum Gasteiger partial charge on any atom is -0.312 e. The molecule has 3 nitrogen and oxygen atoms in total. The van der Waals surface area contributed by atoms with Crippen molar-refractivity contribution in [2.45, 2.75) is 39.4 Å². The normalized spacial score (nSPS) is 12.4. The molecule has 1 rings (SSSR count). The molecule has 0 radical (unpaired) electrons. The van der Waals surface area contributed by atoms with Crippen molar-refractivity contribution in [2.75, 3.05) is 12.3 Å².